The lowest BCUT2D eigenvalue weighted by molar-refractivity contribution is -0.119. The molecule has 4 aromatic rings. The van der Waals surface area contributed by atoms with Crippen LogP contribution in [-0.4, -0.2) is 227 Å². The number of halogens is 2. The maximum Gasteiger partial charge on any atom is 0.314 e. The monoisotopic (exact) mass is 1430 g/mol. The molecule has 23 heteroatoms. The third-order valence-corrected chi connectivity index (χ3v) is 24.9. The summed E-state index contributed by atoms with van der Waals surface area (Å²) in [7, 11) is 1.49. The van der Waals surface area contributed by atoms with Crippen molar-refractivity contribution in [3.63, 3.8) is 0 Å². The maximum atomic E-state index is 13.6. The zero-order chi connectivity index (χ0) is 70.3. The quantitative estimate of drug-likeness (QED) is 0.0390. The average molecular weight is 1440 g/mol. The highest BCUT2D eigenvalue weighted by atomic mass is 35.5. The minimum Gasteiger partial charge on any atom is -0.484 e. The Labute approximate surface area is 596 Å². The number of aryl methyl sites for hydroxylation is 4. The Hall–Kier alpha value is -4.46. The maximum absolute atomic E-state index is 13.6. The van der Waals surface area contributed by atoms with Crippen molar-refractivity contribution in [3.8, 4) is 11.5 Å². The van der Waals surface area contributed by atoms with Crippen LogP contribution < -0.4 is 24.8 Å². The molecule has 3 N–H and O–H groups in total. The normalized spacial score (nSPS) is 23.2. The summed E-state index contributed by atoms with van der Waals surface area (Å²) in [6, 6.07) is 19.7. The number of hydrogen-bond acceptors (Lipinski definition) is 16. The van der Waals surface area contributed by atoms with Crippen LogP contribution in [0, 0.1) is 33.6 Å². The van der Waals surface area contributed by atoms with E-state index in [1.807, 2.05) is 52.0 Å². The molecule has 4 heterocycles. The predicted molar refractivity (Wildman–Crippen MR) is 392 cm³/mol. The average Bonchev–Trinajstić information content (AvgIpc) is 1.62. The van der Waals surface area contributed by atoms with E-state index in [0.29, 0.717) is 105 Å². The molecule has 6 aliphatic rings. The van der Waals surface area contributed by atoms with E-state index in [2.05, 4.69) is 92.9 Å². The van der Waals surface area contributed by atoms with Crippen LogP contribution in [0.25, 0.3) is 0 Å². The molecule has 4 aromatic carbocycles. The number of sulfonamides is 1. The van der Waals surface area contributed by atoms with Crippen molar-refractivity contribution >= 4 is 54.9 Å². The molecule has 0 saturated carbocycles. The number of unbranched alkanes of at least 4 members (excludes halogenated alkanes) is 2. The number of ether oxygens (including phenoxy) is 4. The molecule has 0 spiro atoms. The summed E-state index contributed by atoms with van der Waals surface area (Å²) in [4.78, 5) is 38.5. The Bertz CT molecular complexity index is 3530. The van der Waals surface area contributed by atoms with Crippen LogP contribution in [0.4, 0.5) is 4.79 Å². The molecule has 4 fully saturated rings. The number of fused-ring (bicyclic) bond motifs is 2. The minimum absolute atomic E-state index is 0.145. The van der Waals surface area contributed by atoms with Crippen LogP contribution in [-0.2, 0) is 47.0 Å². The molecule has 8 atom stereocenters. The Morgan fingerprint density at radius 3 is 1.68 bits per heavy atom. The number of rotatable bonds is 32. The van der Waals surface area contributed by atoms with Gasteiger partial charge in [-0.2, -0.15) is 0 Å². The van der Waals surface area contributed by atoms with Crippen molar-refractivity contribution < 1.29 is 45.4 Å². The van der Waals surface area contributed by atoms with Crippen molar-refractivity contribution in [2.24, 2.45) is 5.92 Å². The zero-order valence-electron chi connectivity index (χ0n) is 60.2. The number of Topliss-reactive ketones (excluding diaryl/α,β-unsaturated/α-hetero) is 1. The van der Waals surface area contributed by atoms with Gasteiger partial charge in [-0.15, -0.1) is 0 Å². The van der Waals surface area contributed by atoms with E-state index in [1.54, 1.807) is 30.3 Å². The Kier molecular flexibility index (Phi) is 29.0. The highest BCUT2D eigenvalue weighted by Gasteiger charge is 2.43. The summed E-state index contributed by atoms with van der Waals surface area (Å²) < 4.78 is 81.8. The first kappa shape index (κ1) is 77.7. The van der Waals surface area contributed by atoms with E-state index >= 15 is 0 Å². The van der Waals surface area contributed by atoms with Crippen molar-refractivity contribution in [1.82, 2.24) is 44.8 Å². The third kappa shape index (κ3) is 21.3. The first-order valence-electron chi connectivity index (χ1n) is 36.2. The first-order valence-corrected chi connectivity index (χ1v) is 40.1. The molecule has 0 aromatic heterocycles. The van der Waals surface area contributed by atoms with E-state index in [4.69, 9.17) is 42.1 Å². The van der Waals surface area contributed by atoms with E-state index in [1.165, 1.54) is 41.5 Å². The Morgan fingerprint density at radius 1 is 0.582 bits per heavy atom. The van der Waals surface area contributed by atoms with E-state index in [0.717, 1.165) is 137 Å². The van der Waals surface area contributed by atoms with Gasteiger partial charge in [0.25, 0.3) is 0 Å². The van der Waals surface area contributed by atoms with Gasteiger partial charge in [0, 0.05) is 100.0 Å². The molecule has 10 rings (SSSR count). The number of piperidine rings is 2. The van der Waals surface area contributed by atoms with Crippen LogP contribution in [0.3, 0.4) is 0 Å². The lowest BCUT2D eigenvalue weighted by atomic mass is 10.0. The second-order valence-electron chi connectivity index (χ2n) is 28.8. The number of sulfone groups is 1. The summed E-state index contributed by atoms with van der Waals surface area (Å²) >= 11 is 13.1. The van der Waals surface area contributed by atoms with Crippen molar-refractivity contribution in [1.29, 1.82) is 0 Å². The molecule has 98 heavy (non-hydrogen) atoms. The van der Waals surface area contributed by atoms with Crippen molar-refractivity contribution in [2.45, 2.75) is 184 Å². The van der Waals surface area contributed by atoms with E-state index < -0.39 is 19.9 Å². The van der Waals surface area contributed by atoms with Crippen molar-refractivity contribution in [3.05, 3.63) is 115 Å². The predicted octanol–water partition coefficient (Wildman–Crippen LogP) is 10.8. The van der Waals surface area contributed by atoms with Gasteiger partial charge in [-0.05, 0) is 271 Å². The number of benzene rings is 4. The number of ketones is 1. The van der Waals surface area contributed by atoms with Gasteiger partial charge in [-0.3, -0.25) is 19.5 Å². The number of carbonyl (C=O) groups excluding carboxylic acids is 2. The number of hydrogen-bond donors (Lipinski definition) is 3. The summed E-state index contributed by atoms with van der Waals surface area (Å²) in [6.07, 6.45) is 12.6. The van der Waals surface area contributed by atoms with Gasteiger partial charge in [0.1, 0.15) is 29.5 Å². The summed E-state index contributed by atoms with van der Waals surface area (Å²) in [6.45, 7) is 24.1. The molecule has 2 amide bonds. The fourth-order valence-corrected chi connectivity index (χ4v) is 19.1. The van der Waals surface area contributed by atoms with Gasteiger partial charge >= 0.3 is 6.03 Å². The zero-order valence-corrected chi connectivity index (χ0v) is 63.3. The highest BCUT2D eigenvalue weighted by Crippen LogP contribution is 2.45. The number of nitrogens with one attached hydrogen (secondary N) is 3. The fraction of sp³-hybridized carbons (Fsp3) is 0.653. The standard InChI is InChI=1S/C42H65ClN6O6S.C33H48ClN3O4S/c1-6-11-35(50)13-8-7-9-17-44-42(51)45-18-22-54-23-21-48-20-16-33(28-48)46-56(52,53)36-14-15-40(31(3)25-36)55-41-38-26-32(43)24-30(2)37(38)27-39(41)49-19-10-12-34(29-49)47(4)5;1-6-40-15-14-36-13-11-25(20-36)22-42(38,39)28-9-10-32(24(3)17-28)41-33-30-18-26(34)16-23(2)29(30)19-31(33)37-12-7-8-27(21-37)35(4)5/h14-15,24-26,33-34,39,41,46H,6-13,16-23,27-29H2,1-5H3,(H2,44,45,51);9-10,16-18,25,27,31,33H,6-8,11-15,19-22H2,1-5H3/t33-,34-,39+,41+;25-,27-,31+,33+/m11/s1. The second-order valence-corrected chi connectivity index (χ2v) is 33.4. The van der Waals surface area contributed by atoms with Crippen LogP contribution in [0.15, 0.2) is 70.5 Å². The first-order chi connectivity index (χ1) is 46.9. The van der Waals surface area contributed by atoms with Gasteiger partial charge < -0.3 is 44.3 Å². The van der Waals surface area contributed by atoms with Crippen LogP contribution >= 0.6 is 23.2 Å². The Morgan fingerprint density at radius 2 is 1.12 bits per heavy atom. The van der Waals surface area contributed by atoms with E-state index in [9.17, 15) is 26.4 Å². The summed E-state index contributed by atoms with van der Waals surface area (Å²) in [5.41, 5.74) is 8.89. The topological polar surface area (TPSA) is 195 Å². The summed E-state index contributed by atoms with van der Waals surface area (Å²) in [5.74, 6) is 2.05. The lowest BCUT2D eigenvalue weighted by Gasteiger charge is -2.41. The fourth-order valence-electron chi connectivity index (χ4n) is 15.4. The minimum atomic E-state index is -3.75. The van der Waals surface area contributed by atoms with Gasteiger partial charge in [-0.1, -0.05) is 36.5 Å². The molecule has 4 saturated heterocycles. The molecule has 0 bridgehead atoms. The van der Waals surface area contributed by atoms with Gasteiger partial charge in [0.15, 0.2) is 9.84 Å². The SMILES string of the molecule is CCCC(=O)CCCCCNC(=O)NCCOCCN1CC[C@@H](NS(=O)(=O)c2ccc(O[C@H]3c4cc(Cl)cc(C)c4C[C@@H]3N3CCC[C@@H](N(C)C)C3)c(C)c2)C1.CCOCCN1CC[C@@H](CS(=O)(=O)c2ccc(O[C@H]3c4cc(Cl)cc(C)c4C[C@@H]3N3CCC[C@@H](N(C)C)C3)c(C)c2)C1. The van der Waals surface area contributed by atoms with Crippen LogP contribution in [0.2, 0.25) is 10.0 Å². The molecule has 0 unspecified atom stereocenters. The molecular formula is C75H113Cl2N9O10S2. The van der Waals surface area contributed by atoms with Crippen LogP contribution in [0.5, 0.6) is 11.5 Å². The van der Waals surface area contributed by atoms with Crippen LogP contribution in [0.1, 0.15) is 148 Å². The third-order valence-electron chi connectivity index (χ3n) is 21.0. The molecule has 544 valence electrons. The number of urea groups is 1. The van der Waals surface area contributed by atoms with E-state index in [-0.39, 0.29) is 52.9 Å². The molecule has 4 aliphatic heterocycles. The number of likely N-dealkylation sites (N-methyl/N-ethyl adjacent to an activating group) is 2. The summed E-state index contributed by atoms with van der Waals surface area (Å²) in [5, 5.41) is 7.08. The molecule has 2 aliphatic carbocycles. The highest BCUT2D eigenvalue weighted by molar-refractivity contribution is 7.91. The smallest absolute Gasteiger partial charge is 0.314 e. The molecule has 0 radical (unpaired) electrons. The lowest BCUT2D eigenvalue weighted by Crippen LogP contribution is -2.51. The van der Waals surface area contributed by atoms with Gasteiger partial charge in [0.2, 0.25) is 10.0 Å². The second kappa shape index (κ2) is 36.6. The van der Waals surface area contributed by atoms with Crippen molar-refractivity contribution in [2.75, 3.05) is 139 Å². The van der Waals surface area contributed by atoms with Gasteiger partial charge in [0.05, 0.1) is 47.4 Å². The Balaban J connectivity index is 0.000000238. The largest absolute Gasteiger partial charge is 0.484 e. The molecular weight excluding hydrogens is 1320 g/mol. The number of nitrogens with zero attached hydrogens (tertiary/aromatic N) is 6. The van der Waals surface area contributed by atoms with Gasteiger partial charge in [-0.25, -0.2) is 26.4 Å². The number of likely N-dealkylation sites (tertiary alicyclic amines) is 4. The number of carbonyl (C=O) groups is 2. The number of amides is 2. The molecule has 19 nitrogen and oxygen atoms in total.